The number of oxazole rings is 1. The third kappa shape index (κ3) is 3.95. The predicted molar refractivity (Wildman–Crippen MR) is 93.2 cm³/mol. The van der Waals surface area contributed by atoms with Gasteiger partial charge in [-0.3, -0.25) is 4.79 Å². The Morgan fingerprint density at radius 3 is 2.96 bits per heavy atom. The number of anilines is 1. The van der Waals surface area contributed by atoms with Crippen molar-refractivity contribution in [3.8, 4) is 6.07 Å². The Morgan fingerprint density at radius 2 is 2.19 bits per heavy atom. The highest BCUT2D eigenvalue weighted by Crippen LogP contribution is 2.25. The van der Waals surface area contributed by atoms with Gasteiger partial charge in [0, 0.05) is 19.2 Å². The second-order valence-corrected chi connectivity index (χ2v) is 5.49. The van der Waals surface area contributed by atoms with E-state index in [2.05, 4.69) is 31.1 Å². The fraction of sp³-hybridized carbons (Fsp3) is 0.278. The fourth-order valence-electron chi connectivity index (χ4n) is 2.41. The first kappa shape index (κ1) is 17.4. The van der Waals surface area contributed by atoms with Crippen LogP contribution in [0.5, 0.6) is 0 Å². The number of hydrogen-bond acceptors (Lipinski definition) is 8. The lowest BCUT2D eigenvalue weighted by Crippen LogP contribution is -2.10. The van der Waals surface area contributed by atoms with Crippen molar-refractivity contribution in [3.05, 3.63) is 48.1 Å². The number of esters is 1. The molecule has 0 bridgehead atoms. The van der Waals surface area contributed by atoms with E-state index in [1.807, 2.05) is 18.2 Å². The number of nitriles is 1. The van der Waals surface area contributed by atoms with Gasteiger partial charge >= 0.3 is 5.97 Å². The molecule has 0 saturated heterocycles. The van der Waals surface area contributed by atoms with Crippen molar-refractivity contribution in [2.24, 2.45) is 0 Å². The molecule has 0 aliphatic heterocycles. The molecule has 1 aromatic carbocycles. The molecule has 2 aromatic heterocycles. The van der Waals surface area contributed by atoms with Crippen LogP contribution in [0.25, 0.3) is 11.1 Å². The number of fused-ring (bicyclic) bond motifs is 1. The number of aromatic nitrogens is 3. The molecule has 3 rings (SSSR count). The summed E-state index contributed by atoms with van der Waals surface area (Å²) in [5.41, 5.74) is 1.81. The van der Waals surface area contributed by atoms with Crippen LogP contribution in [0.2, 0.25) is 0 Å². The number of methoxy groups -OCH3 is 1. The maximum absolute atomic E-state index is 11.1. The van der Waals surface area contributed by atoms with E-state index < -0.39 is 5.92 Å². The van der Waals surface area contributed by atoms with Gasteiger partial charge in [0.1, 0.15) is 5.52 Å². The fourth-order valence-corrected chi connectivity index (χ4v) is 2.41. The van der Waals surface area contributed by atoms with Crippen LogP contribution in [0.1, 0.15) is 30.3 Å². The van der Waals surface area contributed by atoms with Crippen LogP contribution in [-0.2, 0) is 9.53 Å². The van der Waals surface area contributed by atoms with Crippen LogP contribution in [-0.4, -0.2) is 34.6 Å². The van der Waals surface area contributed by atoms with Crippen LogP contribution in [0.15, 0.2) is 40.9 Å². The smallest absolute Gasteiger partial charge is 0.305 e. The number of para-hydroxylation sites is 2. The van der Waals surface area contributed by atoms with Gasteiger partial charge in [-0.05, 0) is 24.6 Å². The van der Waals surface area contributed by atoms with Crippen molar-refractivity contribution in [2.75, 3.05) is 19.0 Å². The molecule has 0 fully saturated rings. The van der Waals surface area contributed by atoms with Gasteiger partial charge in [-0.15, -0.1) is 0 Å². The first-order chi connectivity index (χ1) is 12.7. The van der Waals surface area contributed by atoms with Crippen molar-refractivity contribution >= 4 is 23.0 Å². The highest BCUT2D eigenvalue weighted by molar-refractivity contribution is 5.72. The number of rotatable bonds is 7. The molecule has 0 radical (unpaired) electrons. The minimum atomic E-state index is -0.735. The minimum absolute atomic E-state index is 0.262. The van der Waals surface area contributed by atoms with Gasteiger partial charge < -0.3 is 14.5 Å². The molecule has 0 aliphatic rings. The van der Waals surface area contributed by atoms with Crippen molar-refractivity contribution < 1.29 is 13.9 Å². The molecular formula is C18H17N5O3. The number of carbonyl (C=O) groups is 1. The summed E-state index contributed by atoms with van der Waals surface area (Å²) < 4.78 is 10.3. The number of carbonyl (C=O) groups excluding carboxylic acids is 1. The molecule has 0 spiro atoms. The standard InChI is InChI=1S/C18H17N5O3/c1-25-16(24)7-4-9-20-18-21-10-8-13(23-18)12(11-19)17-22-14-5-2-3-6-15(14)26-17/h2-3,5-6,8,10,12H,4,7,9H2,1H3,(H,20,21,23). The normalized spacial score (nSPS) is 11.7. The molecule has 26 heavy (non-hydrogen) atoms. The minimum Gasteiger partial charge on any atom is -0.469 e. The highest BCUT2D eigenvalue weighted by atomic mass is 16.5. The topological polar surface area (TPSA) is 114 Å². The second kappa shape index (κ2) is 8.07. The Kier molecular flexibility index (Phi) is 5.39. The van der Waals surface area contributed by atoms with Gasteiger partial charge in [0.2, 0.25) is 11.8 Å². The van der Waals surface area contributed by atoms with Crippen molar-refractivity contribution in [2.45, 2.75) is 18.8 Å². The molecule has 132 valence electrons. The number of nitrogens with one attached hydrogen (secondary N) is 1. The van der Waals surface area contributed by atoms with Crippen LogP contribution in [0.3, 0.4) is 0 Å². The third-order valence-corrected chi connectivity index (χ3v) is 3.73. The SMILES string of the molecule is COC(=O)CCCNc1nccc(C(C#N)c2nc3ccccc3o2)n1. The zero-order chi connectivity index (χ0) is 18.4. The molecule has 8 heteroatoms. The van der Waals surface area contributed by atoms with Crippen molar-refractivity contribution in [3.63, 3.8) is 0 Å². The van der Waals surface area contributed by atoms with Crippen LogP contribution in [0.4, 0.5) is 5.95 Å². The Morgan fingerprint density at radius 1 is 1.35 bits per heavy atom. The van der Waals surface area contributed by atoms with Gasteiger partial charge in [-0.2, -0.15) is 5.26 Å². The van der Waals surface area contributed by atoms with Gasteiger partial charge in [0.15, 0.2) is 11.5 Å². The summed E-state index contributed by atoms with van der Waals surface area (Å²) in [7, 11) is 1.36. The Labute approximate surface area is 149 Å². The molecule has 8 nitrogen and oxygen atoms in total. The molecule has 3 aromatic rings. The van der Waals surface area contributed by atoms with Crippen LogP contribution >= 0.6 is 0 Å². The first-order valence-electron chi connectivity index (χ1n) is 8.10. The van der Waals surface area contributed by atoms with Gasteiger partial charge in [0.25, 0.3) is 0 Å². The van der Waals surface area contributed by atoms with Crippen LogP contribution in [0, 0.1) is 11.3 Å². The molecule has 0 saturated carbocycles. The maximum atomic E-state index is 11.1. The summed E-state index contributed by atoms with van der Waals surface area (Å²) in [6, 6.07) is 11.2. The highest BCUT2D eigenvalue weighted by Gasteiger charge is 2.22. The summed E-state index contributed by atoms with van der Waals surface area (Å²) in [5.74, 6) is -0.323. The Balaban J connectivity index is 1.73. The largest absolute Gasteiger partial charge is 0.469 e. The zero-order valence-electron chi connectivity index (χ0n) is 14.2. The Bertz CT molecular complexity index is 914. The quantitative estimate of drug-likeness (QED) is 0.510. The van der Waals surface area contributed by atoms with E-state index in [1.54, 1.807) is 18.3 Å². The van der Waals surface area contributed by atoms with Gasteiger partial charge in [-0.25, -0.2) is 15.0 Å². The molecule has 0 amide bonds. The molecule has 1 atom stereocenters. The number of hydrogen-bond donors (Lipinski definition) is 1. The van der Waals surface area contributed by atoms with E-state index >= 15 is 0 Å². The average Bonchev–Trinajstić information content (AvgIpc) is 3.09. The predicted octanol–water partition coefficient (Wildman–Crippen LogP) is 2.64. The zero-order valence-corrected chi connectivity index (χ0v) is 14.2. The summed E-state index contributed by atoms with van der Waals surface area (Å²) >= 11 is 0. The lowest BCUT2D eigenvalue weighted by molar-refractivity contribution is -0.140. The number of benzene rings is 1. The summed E-state index contributed by atoms with van der Waals surface area (Å²) in [4.78, 5) is 24.0. The summed E-state index contributed by atoms with van der Waals surface area (Å²) in [6.45, 7) is 0.513. The van der Waals surface area contributed by atoms with Gasteiger partial charge in [-0.1, -0.05) is 12.1 Å². The molecular weight excluding hydrogens is 334 g/mol. The van der Waals surface area contributed by atoms with E-state index in [1.165, 1.54) is 7.11 Å². The lowest BCUT2D eigenvalue weighted by Gasteiger charge is -2.08. The van der Waals surface area contributed by atoms with E-state index in [4.69, 9.17) is 4.42 Å². The number of ether oxygens (including phenoxy) is 1. The Hall–Kier alpha value is -3.47. The molecule has 1 unspecified atom stereocenters. The van der Waals surface area contributed by atoms with Crippen molar-refractivity contribution in [1.82, 2.24) is 15.0 Å². The average molecular weight is 351 g/mol. The van der Waals surface area contributed by atoms with E-state index in [0.717, 1.165) is 0 Å². The molecule has 1 N–H and O–H groups in total. The summed E-state index contributed by atoms with van der Waals surface area (Å²) in [5, 5.41) is 12.6. The van der Waals surface area contributed by atoms with E-state index in [9.17, 15) is 10.1 Å². The van der Waals surface area contributed by atoms with E-state index in [0.29, 0.717) is 48.0 Å². The number of nitrogens with zero attached hydrogens (tertiary/aromatic N) is 4. The van der Waals surface area contributed by atoms with E-state index in [-0.39, 0.29) is 5.97 Å². The molecule has 2 heterocycles. The monoisotopic (exact) mass is 351 g/mol. The van der Waals surface area contributed by atoms with Crippen LogP contribution < -0.4 is 5.32 Å². The third-order valence-electron chi connectivity index (χ3n) is 3.73. The maximum Gasteiger partial charge on any atom is 0.305 e. The van der Waals surface area contributed by atoms with Gasteiger partial charge in [0.05, 0.1) is 18.9 Å². The van der Waals surface area contributed by atoms with Crippen molar-refractivity contribution in [1.29, 1.82) is 5.26 Å². The second-order valence-electron chi connectivity index (χ2n) is 5.49. The summed E-state index contributed by atoms with van der Waals surface area (Å²) in [6.07, 6.45) is 2.47. The molecule has 0 aliphatic carbocycles. The lowest BCUT2D eigenvalue weighted by atomic mass is 10.1. The first-order valence-corrected chi connectivity index (χ1v) is 8.10.